The Bertz CT molecular complexity index is 557. The van der Waals surface area contributed by atoms with Gasteiger partial charge in [0.25, 0.3) is 0 Å². The molecule has 1 atom stereocenters. The van der Waals surface area contributed by atoms with Gasteiger partial charge >= 0.3 is 5.97 Å². The van der Waals surface area contributed by atoms with Crippen LogP contribution in [0.3, 0.4) is 0 Å². The van der Waals surface area contributed by atoms with Gasteiger partial charge < -0.3 is 14.6 Å². The number of hydroxylamine groups is 2. The lowest BCUT2D eigenvalue weighted by Gasteiger charge is -2.53. The van der Waals surface area contributed by atoms with Crippen LogP contribution in [-0.4, -0.2) is 52.8 Å². The van der Waals surface area contributed by atoms with Crippen LogP contribution in [0.1, 0.15) is 144 Å². The van der Waals surface area contributed by atoms with E-state index in [1.165, 1.54) is 77.7 Å². The number of hydrogen-bond donors (Lipinski definition) is 1. The van der Waals surface area contributed by atoms with Crippen molar-refractivity contribution in [3.8, 4) is 0 Å². The number of rotatable bonds is 19. The van der Waals surface area contributed by atoms with Gasteiger partial charge in [-0.1, -0.05) is 84.0 Å². The number of esters is 1. The number of piperidine rings is 1. The molecule has 0 aromatic carbocycles. The van der Waals surface area contributed by atoms with Gasteiger partial charge in [-0.05, 0) is 41.0 Å². The molecule has 0 spiro atoms. The number of unbranched alkanes of at least 4 members (excludes halogenated alkanes) is 12. The maximum atomic E-state index is 12.5. The Morgan fingerprint density at radius 2 is 1.29 bits per heavy atom. The Labute approximate surface area is 216 Å². The van der Waals surface area contributed by atoms with E-state index in [9.17, 15) is 9.90 Å². The first-order chi connectivity index (χ1) is 16.4. The van der Waals surface area contributed by atoms with E-state index in [2.05, 4.69) is 34.6 Å². The van der Waals surface area contributed by atoms with Crippen LogP contribution in [0.15, 0.2) is 0 Å². The smallest absolute Gasteiger partial charge is 0.306 e. The van der Waals surface area contributed by atoms with Crippen molar-refractivity contribution in [2.24, 2.45) is 0 Å². The fourth-order valence-corrected chi connectivity index (χ4v) is 5.38. The van der Waals surface area contributed by atoms with Crippen LogP contribution in [0.2, 0.25) is 0 Å². The van der Waals surface area contributed by atoms with Gasteiger partial charge in [-0.15, -0.1) is 0 Å². The van der Waals surface area contributed by atoms with E-state index in [1.807, 2.05) is 5.06 Å². The second-order valence-electron chi connectivity index (χ2n) is 12.1. The van der Waals surface area contributed by atoms with Gasteiger partial charge in [0.1, 0.15) is 12.7 Å². The molecule has 1 fully saturated rings. The molecular weight excluding hydrogens is 442 g/mol. The molecule has 0 aliphatic carbocycles. The zero-order valence-corrected chi connectivity index (χ0v) is 24.1. The van der Waals surface area contributed by atoms with E-state index < -0.39 is 5.79 Å². The van der Waals surface area contributed by atoms with Crippen LogP contribution in [0.5, 0.6) is 0 Å². The largest absolute Gasteiger partial charge is 0.462 e. The molecule has 0 aromatic rings. The zero-order valence-electron chi connectivity index (χ0n) is 24.1. The third kappa shape index (κ3) is 13.4. The van der Waals surface area contributed by atoms with Crippen LogP contribution in [0, 0.1) is 0 Å². The van der Waals surface area contributed by atoms with Crippen molar-refractivity contribution >= 4 is 5.97 Å². The molecule has 0 aromatic heterocycles. The SMILES string of the molecule is CCCCCCCCCCCCCCCC(=O)OC1CC(C)(C)N(OCC(C)(O)OC)C(C)(C)C1. The molecule has 35 heavy (non-hydrogen) atoms. The Morgan fingerprint density at radius 3 is 1.71 bits per heavy atom. The Balaban J connectivity index is 2.21. The highest BCUT2D eigenvalue weighted by molar-refractivity contribution is 5.69. The van der Waals surface area contributed by atoms with Crippen molar-refractivity contribution in [1.29, 1.82) is 0 Å². The zero-order chi connectivity index (χ0) is 26.4. The van der Waals surface area contributed by atoms with Crippen molar-refractivity contribution in [1.82, 2.24) is 5.06 Å². The third-order valence-electron chi connectivity index (χ3n) is 7.24. The summed E-state index contributed by atoms with van der Waals surface area (Å²) in [6, 6.07) is 0. The van der Waals surface area contributed by atoms with Crippen LogP contribution < -0.4 is 0 Å². The van der Waals surface area contributed by atoms with Crippen LogP contribution >= 0.6 is 0 Å². The molecular formula is C29H57NO5. The first-order valence-corrected chi connectivity index (χ1v) is 14.3. The Morgan fingerprint density at radius 1 is 0.857 bits per heavy atom. The van der Waals surface area contributed by atoms with E-state index in [-0.39, 0.29) is 29.8 Å². The van der Waals surface area contributed by atoms with Gasteiger partial charge in [0.2, 0.25) is 0 Å². The first-order valence-electron chi connectivity index (χ1n) is 14.3. The minimum atomic E-state index is -1.34. The van der Waals surface area contributed by atoms with Crippen molar-refractivity contribution in [2.75, 3.05) is 13.7 Å². The molecule has 6 heteroatoms. The van der Waals surface area contributed by atoms with E-state index >= 15 is 0 Å². The summed E-state index contributed by atoms with van der Waals surface area (Å²) in [6.45, 7) is 12.2. The molecule has 0 saturated carbocycles. The molecule has 1 N–H and O–H groups in total. The Hall–Kier alpha value is -0.690. The minimum absolute atomic E-state index is 0.0415. The highest BCUT2D eigenvalue weighted by Crippen LogP contribution is 2.40. The number of nitrogens with zero attached hydrogens (tertiary/aromatic N) is 1. The molecule has 1 saturated heterocycles. The topological polar surface area (TPSA) is 68.2 Å². The van der Waals surface area contributed by atoms with Crippen molar-refractivity contribution in [3.05, 3.63) is 0 Å². The molecule has 1 aliphatic rings. The lowest BCUT2D eigenvalue weighted by Crippen LogP contribution is -2.62. The highest BCUT2D eigenvalue weighted by atomic mass is 16.7. The predicted molar refractivity (Wildman–Crippen MR) is 143 cm³/mol. The maximum absolute atomic E-state index is 12.5. The summed E-state index contributed by atoms with van der Waals surface area (Å²) in [5, 5.41) is 12.1. The van der Waals surface area contributed by atoms with Crippen LogP contribution in [0.25, 0.3) is 0 Å². The summed E-state index contributed by atoms with van der Waals surface area (Å²) in [5.41, 5.74) is -0.682. The van der Waals surface area contributed by atoms with E-state index in [0.717, 1.165) is 12.8 Å². The summed E-state index contributed by atoms with van der Waals surface area (Å²) in [4.78, 5) is 18.5. The molecule has 1 aliphatic heterocycles. The minimum Gasteiger partial charge on any atom is -0.462 e. The predicted octanol–water partition coefficient (Wildman–Crippen LogP) is 7.32. The standard InChI is InChI=1S/C29H57NO5/c1-8-9-10-11-12-13-14-15-16-17-18-19-20-21-26(31)35-25-22-27(2,3)30(28(4,5)23-25)34-24-29(6,32)33-7/h25,32H,8-24H2,1-7H3. The van der Waals surface area contributed by atoms with Crippen LogP contribution in [-0.2, 0) is 19.1 Å². The molecule has 0 amide bonds. The van der Waals surface area contributed by atoms with Crippen molar-refractivity contribution in [2.45, 2.75) is 167 Å². The lowest BCUT2D eigenvalue weighted by molar-refractivity contribution is -0.332. The summed E-state index contributed by atoms with van der Waals surface area (Å²) < 4.78 is 11.0. The summed E-state index contributed by atoms with van der Waals surface area (Å²) in [7, 11) is 1.46. The normalized spacial score (nSPS) is 20.0. The fraction of sp³-hybridized carbons (Fsp3) is 0.966. The van der Waals surface area contributed by atoms with Crippen molar-refractivity contribution in [3.63, 3.8) is 0 Å². The quantitative estimate of drug-likeness (QED) is 0.114. The van der Waals surface area contributed by atoms with Gasteiger partial charge in [-0.3, -0.25) is 9.63 Å². The van der Waals surface area contributed by atoms with Crippen LogP contribution in [0.4, 0.5) is 0 Å². The average molecular weight is 500 g/mol. The van der Waals surface area contributed by atoms with Crippen molar-refractivity contribution < 1.29 is 24.2 Å². The maximum Gasteiger partial charge on any atom is 0.306 e. The van der Waals surface area contributed by atoms with Gasteiger partial charge in [-0.2, -0.15) is 5.06 Å². The summed E-state index contributed by atoms with van der Waals surface area (Å²) in [5.74, 6) is -1.43. The number of aliphatic hydroxyl groups is 1. The van der Waals surface area contributed by atoms with E-state index in [0.29, 0.717) is 19.3 Å². The molecule has 208 valence electrons. The number of ether oxygens (including phenoxy) is 2. The lowest BCUT2D eigenvalue weighted by atomic mass is 9.80. The molecule has 6 nitrogen and oxygen atoms in total. The van der Waals surface area contributed by atoms with E-state index in [1.54, 1.807) is 6.92 Å². The molecule has 1 unspecified atom stereocenters. The number of methoxy groups -OCH3 is 1. The summed E-state index contributed by atoms with van der Waals surface area (Å²) in [6.07, 6.45) is 18.6. The van der Waals surface area contributed by atoms with Gasteiger partial charge in [-0.25, -0.2) is 0 Å². The second kappa shape index (κ2) is 16.2. The number of hydrogen-bond acceptors (Lipinski definition) is 6. The highest BCUT2D eigenvalue weighted by Gasteiger charge is 2.48. The molecule has 1 rings (SSSR count). The first kappa shape index (κ1) is 32.3. The molecule has 0 radical (unpaired) electrons. The second-order valence-corrected chi connectivity index (χ2v) is 12.1. The molecule has 0 bridgehead atoms. The van der Waals surface area contributed by atoms with E-state index in [4.69, 9.17) is 14.3 Å². The number of carbonyl (C=O) groups excluding carboxylic acids is 1. The number of carbonyl (C=O) groups is 1. The van der Waals surface area contributed by atoms with Gasteiger partial charge in [0.05, 0.1) is 0 Å². The summed E-state index contributed by atoms with van der Waals surface area (Å²) >= 11 is 0. The fourth-order valence-electron chi connectivity index (χ4n) is 5.38. The Kier molecular flexibility index (Phi) is 15.0. The van der Waals surface area contributed by atoms with Gasteiger partial charge in [0, 0.05) is 37.5 Å². The monoisotopic (exact) mass is 499 g/mol. The third-order valence-corrected chi connectivity index (χ3v) is 7.24. The average Bonchev–Trinajstić information content (AvgIpc) is 2.75. The molecule has 1 heterocycles. The van der Waals surface area contributed by atoms with Gasteiger partial charge in [0.15, 0.2) is 5.79 Å².